The summed E-state index contributed by atoms with van der Waals surface area (Å²) in [7, 11) is 0. The van der Waals surface area contributed by atoms with Crippen LogP contribution in [0.2, 0.25) is 0 Å². The molecule has 0 bridgehead atoms. The van der Waals surface area contributed by atoms with Crippen LogP contribution in [0.5, 0.6) is 5.75 Å². The number of benzene rings is 1. The molecule has 2 atom stereocenters. The van der Waals surface area contributed by atoms with E-state index >= 15 is 0 Å². The van der Waals surface area contributed by atoms with Crippen LogP contribution in [0.1, 0.15) is 44.7 Å². The largest absolute Gasteiger partial charge is 0.490 e. The fraction of sp³-hybridized carbons (Fsp3) is 0.571. The van der Waals surface area contributed by atoms with Gasteiger partial charge in [0.1, 0.15) is 11.9 Å². The monoisotopic (exact) mass is 297 g/mol. The third-order valence-electron chi connectivity index (χ3n) is 3.71. The maximum Gasteiger partial charge on any atom is 0.124 e. The van der Waals surface area contributed by atoms with Gasteiger partial charge in [-0.3, -0.25) is 0 Å². The van der Waals surface area contributed by atoms with Crippen molar-refractivity contribution in [3.05, 3.63) is 28.2 Å². The van der Waals surface area contributed by atoms with Crippen LogP contribution in [0.15, 0.2) is 22.7 Å². The first kappa shape index (κ1) is 12.9. The van der Waals surface area contributed by atoms with Crippen LogP contribution in [-0.2, 0) is 0 Å². The van der Waals surface area contributed by atoms with Gasteiger partial charge in [-0.15, -0.1) is 0 Å². The zero-order chi connectivity index (χ0) is 12.4. The number of nitrogens with two attached hydrogens (primary N) is 1. The van der Waals surface area contributed by atoms with Gasteiger partial charge in [-0.25, -0.2) is 0 Å². The molecule has 2 rings (SSSR count). The highest BCUT2D eigenvalue weighted by atomic mass is 79.9. The lowest BCUT2D eigenvalue weighted by molar-refractivity contribution is 0.0944. The van der Waals surface area contributed by atoms with E-state index in [4.69, 9.17) is 10.5 Å². The summed E-state index contributed by atoms with van der Waals surface area (Å²) in [6, 6.07) is 6.21. The highest BCUT2D eigenvalue weighted by Gasteiger charge is 2.30. The Bertz CT molecular complexity index is 390. The Labute approximate surface area is 112 Å². The molecule has 1 aromatic carbocycles. The maximum absolute atomic E-state index is 6.25. The Morgan fingerprint density at radius 2 is 2.12 bits per heavy atom. The fourth-order valence-electron chi connectivity index (χ4n) is 2.61. The molecule has 1 heterocycles. The molecular formula is C14H20BrNO. The number of ether oxygens (including phenoxy) is 1. The van der Waals surface area contributed by atoms with E-state index in [2.05, 4.69) is 35.8 Å². The van der Waals surface area contributed by atoms with Gasteiger partial charge in [-0.1, -0.05) is 29.8 Å². The first-order chi connectivity index (χ1) is 8.15. The van der Waals surface area contributed by atoms with Crippen LogP contribution in [0, 0.1) is 5.92 Å². The molecule has 0 saturated carbocycles. The van der Waals surface area contributed by atoms with Crippen LogP contribution < -0.4 is 10.5 Å². The van der Waals surface area contributed by atoms with Gasteiger partial charge in [0.25, 0.3) is 0 Å². The first-order valence-electron chi connectivity index (χ1n) is 6.37. The molecule has 2 unspecified atom stereocenters. The zero-order valence-corrected chi connectivity index (χ0v) is 12.0. The molecule has 1 aliphatic heterocycles. The summed E-state index contributed by atoms with van der Waals surface area (Å²) < 4.78 is 7.17. The molecule has 2 nitrogen and oxygen atoms in total. The van der Waals surface area contributed by atoms with Crippen LogP contribution in [0.3, 0.4) is 0 Å². The predicted molar refractivity (Wildman–Crippen MR) is 74.2 cm³/mol. The van der Waals surface area contributed by atoms with E-state index in [9.17, 15) is 0 Å². The third kappa shape index (κ3) is 2.66. The minimum Gasteiger partial charge on any atom is -0.490 e. The fourth-order valence-corrected chi connectivity index (χ4v) is 2.99. The number of rotatable bonds is 3. The van der Waals surface area contributed by atoms with Crippen molar-refractivity contribution in [1.29, 1.82) is 0 Å². The summed E-state index contributed by atoms with van der Waals surface area (Å²) >= 11 is 3.48. The Balaban J connectivity index is 2.24. The lowest BCUT2D eigenvalue weighted by Crippen LogP contribution is -2.34. The first-order valence-corrected chi connectivity index (χ1v) is 7.16. The molecule has 0 aliphatic carbocycles. The molecule has 0 amide bonds. The lowest BCUT2D eigenvalue weighted by atomic mass is 9.87. The van der Waals surface area contributed by atoms with Crippen molar-refractivity contribution < 1.29 is 4.74 Å². The molecule has 17 heavy (non-hydrogen) atoms. The minimum atomic E-state index is 0.0989. The van der Waals surface area contributed by atoms with Gasteiger partial charge < -0.3 is 10.5 Å². The van der Waals surface area contributed by atoms with Crippen molar-refractivity contribution >= 4 is 15.9 Å². The Hall–Kier alpha value is -0.540. The maximum atomic E-state index is 6.25. The van der Waals surface area contributed by atoms with Crippen molar-refractivity contribution in [2.75, 3.05) is 0 Å². The molecule has 3 heteroatoms. The molecule has 1 aliphatic rings. The predicted octanol–water partition coefficient (Wildman–Crippen LogP) is 4.04. The van der Waals surface area contributed by atoms with E-state index in [1.54, 1.807) is 0 Å². The van der Waals surface area contributed by atoms with Crippen molar-refractivity contribution in [2.45, 2.75) is 45.3 Å². The summed E-state index contributed by atoms with van der Waals surface area (Å²) in [5.41, 5.74) is 7.38. The molecule has 0 fully saturated rings. The second-order valence-electron chi connectivity index (χ2n) is 4.76. The molecule has 0 radical (unpaired) electrons. The number of fused-ring (bicyclic) bond motifs is 1. The summed E-state index contributed by atoms with van der Waals surface area (Å²) in [5, 5.41) is 0. The highest BCUT2D eigenvalue weighted by Crippen LogP contribution is 2.38. The van der Waals surface area contributed by atoms with Crippen LogP contribution in [0.4, 0.5) is 0 Å². The van der Waals surface area contributed by atoms with Crippen LogP contribution >= 0.6 is 15.9 Å². The number of halogens is 1. The second kappa shape index (κ2) is 5.40. The smallest absolute Gasteiger partial charge is 0.124 e. The molecule has 94 valence electrons. The molecule has 0 saturated heterocycles. The minimum absolute atomic E-state index is 0.0989. The lowest BCUT2D eigenvalue weighted by Gasteiger charge is -2.34. The van der Waals surface area contributed by atoms with E-state index in [0.717, 1.165) is 35.0 Å². The third-order valence-corrected chi connectivity index (χ3v) is 4.20. The van der Waals surface area contributed by atoms with Gasteiger partial charge in [0, 0.05) is 22.5 Å². The molecule has 2 N–H and O–H groups in total. The Kier molecular flexibility index (Phi) is 4.10. The van der Waals surface area contributed by atoms with E-state index in [0.29, 0.717) is 5.92 Å². The summed E-state index contributed by atoms with van der Waals surface area (Å²) in [4.78, 5) is 0. The average molecular weight is 298 g/mol. The van der Waals surface area contributed by atoms with E-state index in [1.807, 2.05) is 12.1 Å². The van der Waals surface area contributed by atoms with Gasteiger partial charge in [-0.05, 0) is 37.0 Å². The average Bonchev–Trinajstić information content (AvgIpc) is 2.32. The molecular weight excluding hydrogens is 278 g/mol. The van der Waals surface area contributed by atoms with Gasteiger partial charge in [0.05, 0.1) is 0 Å². The Morgan fingerprint density at radius 1 is 1.41 bits per heavy atom. The quantitative estimate of drug-likeness (QED) is 0.914. The SMILES string of the molecule is CCC(CC)C1CC(N)c2cc(Br)ccc2O1. The second-order valence-corrected chi connectivity index (χ2v) is 5.67. The number of hydrogen-bond acceptors (Lipinski definition) is 2. The van der Waals surface area contributed by atoms with E-state index in [-0.39, 0.29) is 12.1 Å². The molecule has 1 aromatic rings. The number of hydrogen-bond donors (Lipinski definition) is 1. The standard InChI is InChI=1S/C14H20BrNO/c1-3-9(4-2)14-8-12(16)11-7-10(15)5-6-13(11)17-14/h5-7,9,12,14H,3-4,8,16H2,1-2H3. The van der Waals surface area contributed by atoms with Crippen molar-refractivity contribution in [3.63, 3.8) is 0 Å². The van der Waals surface area contributed by atoms with Gasteiger partial charge in [0.15, 0.2) is 0 Å². The summed E-state index contributed by atoms with van der Waals surface area (Å²) in [6.07, 6.45) is 3.50. The molecule has 0 aromatic heterocycles. The van der Waals surface area contributed by atoms with E-state index < -0.39 is 0 Å². The topological polar surface area (TPSA) is 35.2 Å². The normalized spacial score (nSPS) is 23.4. The summed E-state index contributed by atoms with van der Waals surface area (Å²) in [6.45, 7) is 4.44. The molecule has 0 spiro atoms. The van der Waals surface area contributed by atoms with E-state index in [1.165, 1.54) is 0 Å². The highest BCUT2D eigenvalue weighted by molar-refractivity contribution is 9.10. The zero-order valence-electron chi connectivity index (χ0n) is 10.4. The van der Waals surface area contributed by atoms with Gasteiger partial charge >= 0.3 is 0 Å². The van der Waals surface area contributed by atoms with Crippen molar-refractivity contribution in [3.8, 4) is 5.75 Å². The Morgan fingerprint density at radius 3 is 2.76 bits per heavy atom. The van der Waals surface area contributed by atoms with Crippen LogP contribution in [-0.4, -0.2) is 6.10 Å². The van der Waals surface area contributed by atoms with Crippen molar-refractivity contribution in [2.24, 2.45) is 11.7 Å². The van der Waals surface area contributed by atoms with Crippen LogP contribution in [0.25, 0.3) is 0 Å². The van der Waals surface area contributed by atoms with Crippen molar-refractivity contribution in [1.82, 2.24) is 0 Å². The summed E-state index contributed by atoms with van der Waals surface area (Å²) in [5.74, 6) is 1.57. The van der Waals surface area contributed by atoms with Gasteiger partial charge in [0.2, 0.25) is 0 Å². The van der Waals surface area contributed by atoms with Gasteiger partial charge in [-0.2, -0.15) is 0 Å².